The van der Waals surface area contributed by atoms with Gasteiger partial charge < -0.3 is 4.74 Å². The van der Waals surface area contributed by atoms with E-state index in [-0.39, 0.29) is 0 Å². The zero-order valence-electron chi connectivity index (χ0n) is 11.0. The van der Waals surface area contributed by atoms with E-state index in [4.69, 9.17) is 4.74 Å². The van der Waals surface area contributed by atoms with E-state index in [2.05, 4.69) is 43.0 Å². The van der Waals surface area contributed by atoms with Crippen molar-refractivity contribution in [3.63, 3.8) is 0 Å². The molecule has 0 unspecified atom stereocenters. The second-order valence-electron chi connectivity index (χ2n) is 5.30. The molecule has 1 heterocycles. The molecule has 1 fully saturated rings. The molecule has 1 aromatic rings. The Balaban J connectivity index is 1.88. The third-order valence-corrected chi connectivity index (χ3v) is 3.18. The molecular formula is C15H23NO. The molecule has 0 spiro atoms. The van der Waals surface area contributed by atoms with Crippen LogP contribution < -0.4 is 0 Å². The van der Waals surface area contributed by atoms with Crippen molar-refractivity contribution in [2.45, 2.75) is 26.8 Å². The number of hydrogen-bond donors (Lipinski definition) is 0. The highest BCUT2D eigenvalue weighted by Crippen LogP contribution is 2.12. The second-order valence-corrected chi connectivity index (χ2v) is 5.30. The Labute approximate surface area is 105 Å². The summed E-state index contributed by atoms with van der Waals surface area (Å²) in [4.78, 5) is 2.46. The first kappa shape index (κ1) is 12.6. The van der Waals surface area contributed by atoms with E-state index in [0.29, 0.717) is 0 Å². The lowest BCUT2D eigenvalue weighted by Gasteiger charge is -2.26. The fourth-order valence-corrected chi connectivity index (χ4v) is 2.27. The van der Waals surface area contributed by atoms with Gasteiger partial charge in [-0.1, -0.05) is 38.1 Å². The van der Waals surface area contributed by atoms with Gasteiger partial charge in [0.25, 0.3) is 0 Å². The van der Waals surface area contributed by atoms with Crippen molar-refractivity contribution in [2.75, 3.05) is 26.3 Å². The third-order valence-electron chi connectivity index (χ3n) is 3.18. The van der Waals surface area contributed by atoms with Gasteiger partial charge in [0.05, 0.1) is 13.2 Å². The highest BCUT2D eigenvalue weighted by Gasteiger charge is 2.10. The van der Waals surface area contributed by atoms with Crippen molar-refractivity contribution in [3.8, 4) is 0 Å². The minimum atomic E-state index is 0.736. The maximum atomic E-state index is 5.36. The first-order chi connectivity index (χ1) is 8.24. The lowest BCUT2D eigenvalue weighted by molar-refractivity contribution is 0.0342. The fourth-order valence-electron chi connectivity index (χ4n) is 2.27. The van der Waals surface area contributed by atoms with Gasteiger partial charge in [0.1, 0.15) is 0 Å². The van der Waals surface area contributed by atoms with Crippen LogP contribution in [0, 0.1) is 5.92 Å². The summed E-state index contributed by atoms with van der Waals surface area (Å²) in [6.07, 6.45) is 1.18. The van der Waals surface area contributed by atoms with Crippen molar-refractivity contribution in [3.05, 3.63) is 35.4 Å². The number of rotatable bonds is 4. The van der Waals surface area contributed by atoms with Gasteiger partial charge in [0.15, 0.2) is 0 Å². The first-order valence-corrected chi connectivity index (χ1v) is 6.62. The largest absolute Gasteiger partial charge is 0.379 e. The van der Waals surface area contributed by atoms with Crippen LogP contribution in [0.25, 0.3) is 0 Å². The second kappa shape index (κ2) is 6.18. The van der Waals surface area contributed by atoms with Crippen molar-refractivity contribution in [2.24, 2.45) is 5.92 Å². The van der Waals surface area contributed by atoms with Crippen LogP contribution >= 0.6 is 0 Å². The summed E-state index contributed by atoms with van der Waals surface area (Å²) in [7, 11) is 0. The normalized spacial score (nSPS) is 17.6. The molecule has 1 aromatic carbocycles. The highest BCUT2D eigenvalue weighted by atomic mass is 16.5. The number of ether oxygens (including phenoxy) is 1. The monoisotopic (exact) mass is 233 g/mol. The van der Waals surface area contributed by atoms with Crippen LogP contribution in [0.3, 0.4) is 0 Å². The standard InChI is InChI=1S/C15H23NO/c1-13(2)11-14-3-5-15(6-4-14)12-16-7-9-17-10-8-16/h3-6,13H,7-12H2,1-2H3. The Bertz CT molecular complexity index is 325. The molecule has 0 saturated carbocycles. The van der Waals surface area contributed by atoms with E-state index >= 15 is 0 Å². The van der Waals surface area contributed by atoms with Gasteiger partial charge in [-0.15, -0.1) is 0 Å². The minimum Gasteiger partial charge on any atom is -0.379 e. The number of morpholine rings is 1. The van der Waals surface area contributed by atoms with E-state index < -0.39 is 0 Å². The van der Waals surface area contributed by atoms with Gasteiger partial charge in [-0.3, -0.25) is 4.90 Å². The summed E-state index contributed by atoms with van der Waals surface area (Å²) in [5.74, 6) is 0.736. The van der Waals surface area contributed by atoms with Crippen LogP contribution in [0.5, 0.6) is 0 Å². The average molecular weight is 233 g/mol. The summed E-state index contributed by atoms with van der Waals surface area (Å²) >= 11 is 0. The molecule has 17 heavy (non-hydrogen) atoms. The summed E-state index contributed by atoms with van der Waals surface area (Å²) < 4.78 is 5.36. The summed E-state index contributed by atoms with van der Waals surface area (Å²) in [6.45, 7) is 9.48. The van der Waals surface area contributed by atoms with E-state index in [1.807, 2.05) is 0 Å². The van der Waals surface area contributed by atoms with Gasteiger partial charge in [-0.25, -0.2) is 0 Å². The molecule has 0 aliphatic carbocycles. The van der Waals surface area contributed by atoms with Crippen LogP contribution in [0.15, 0.2) is 24.3 Å². The van der Waals surface area contributed by atoms with Crippen LogP contribution in [-0.4, -0.2) is 31.2 Å². The molecule has 94 valence electrons. The molecule has 0 atom stereocenters. The molecule has 0 radical (unpaired) electrons. The molecule has 2 rings (SSSR count). The molecule has 1 saturated heterocycles. The summed E-state index contributed by atoms with van der Waals surface area (Å²) in [5, 5.41) is 0. The van der Waals surface area contributed by atoms with Gasteiger partial charge in [-0.05, 0) is 23.5 Å². The van der Waals surface area contributed by atoms with Gasteiger partial charge in [-0.2, -0.15) is 0 Å². The Morgan fingerprint density at radius 2 is 1.65 bits per heavy atom. The molecule has 0 N–H and O–H groups in total. The number of hydrogen-bond acceptors (Lipinski definition) is 2. The quantitative estimate of drug-likeness (QED) is 0.793. The van der Waals surface area contributed by atoms with E-state index in [0.717, 1.165) is 38.8 Å². The Hall–Kier alpha value is -0.860. The van der Waals surface area contributed by atoms with Gasteiger partial charge >= 0.3 is 0 Å². The lowest BCUT2D eigenvalue weighted by Crippen LogP contribution is -2.35. The van der Waals surface area contributed by atoms with Crippen LogP contribution in [0.2, 0.25) is 0 Å². The van der Waals surface area contributed by atoms with E-state index in [9.17, 15) is 0 Å². The maximum absolute atomic E-state index is 5.36. The number of benzene rings is 1. The third kappa shape index (κ3) is 4.14. The maximum Gasteiger partial charge on any atom is 0.0594 e. The highest BCUT2D eigenvalue weighted by molar-refractivity contribution is 5.22. The molecule has 1 aliphatic heterocycles. The zero-order chi connectivity index (χ0) is 12.1. The molecular weight excluding hydrogens is 210 g/mol. The van der Waals surface area contributed by atoms with Crippen molar-refractivity contribution >= 4 is 0 Å². The molecule has 2 nitrogen and oxygen atoms in total. The minimum absolute atomic E-state index is 0.736. The molecule has 0 bridgehead atoms. The van der Waals surface area contributed by atoms with Crippen molar-refractivity contribution < 1.29 is 4.74 Å². The first-order valence-electron chi connectivity index (χ1n) is 6.62. The van der Waals surface area contributed by atoms with E-state index in [1.165, 1.54) is 17.5 Å². The Morgan fingerprint density at radius 1 is 1.06 bits per heavy atom. The molecule has 0 aromatic heterocycles. The predicted molar refractivity (Wildman–Crippen MR) is 71.1 cm³/mol. The van der Waals surface area contributed by atoms with Gasteiger partial charge in [0, 0.05) is 19.6 Å². The average Bonchev–Trinajstić information content (AvgIpc) is 2.32. The molecule has 1 aliphatic rings. The summed E-state index contributed by atoms with van der Waals surface area (Å²) in [5.41, 5.74) is 2.87. The molecule has 0 amide bonds. The topological polar surface area (TPSA) is 12.5 Å². The van der Waals surface area contributed by atoms with E-state index in [1.54, 1.807) is 0 Å². The molecule has 2 heteroatoms. The van der Waals surface area contributed by atoms with Crippen LogP contribution in [-0.2, 0) is 17.7 Å². The Morgan fingerprint density at radius 3 is 2.24 bits per heavy atom. The van der Waals surface area contributed by atoms with Crippen LogP contribution in [0.4, 0.5) is 0 Å². The zero-order valence-corrected chi connectivity index (χ0v) is 11.0. The van der Waals surface area contributed by atoms with Crippen molar-refractivity contribution in [1.29, 1.82) is 0 Å². The van der Waals surface area contributed by atoms with Crippen molar-refractivity contribution in [1.82, 2.24) is 4.90 Å². The SMILES string of the molecule is CC(C)Cc1ccc(CN2CCOCC2)cc1. The smallest absolute Gasteiger partial charge is 0.0594 e. The fraction of sp³-hybridized carbons (Fsp3) is 0.600. The predicted octanol–water partition coefficient (Wildman–Crippen LogP) is 2.72. The van der Waals surface area contributed by atoms with Gasteiger partial charge in [0.2, 0.25) is 0 Å². The summed E-state index contributed by atoms with van der Waals surface area (Å²) in [6, 6.07) is 9.09. The van der Waals surface area contributed by atoms with Crippen LogP contribution in [0.1, 0.15) is 25.0 Å². The number of nitrogens with zero attached hydrogens (tertiary/aromatic N) is 1. The Kier molecular flexibility index (Phi) is 4.57. The lowest BCUT2D eigenvalue weighted by atomic mass is 10.0.